The van der Waals surface area contributed by atoms with Crippen LogP contribution in [0.25, 0.3) is 0 Å². The summed E-state index contributed by atoms with van der Waals surface area (Å²) in [5, 5.41) is 0. The van der Waals surface area contributed by atoms with Crippen LogP contribution in [0.15, 0.2) is 36.4 Å². The standard InChI is InChI=1S/C16H12F8O5/c1-27-9-4-2-3-5-10(9)29-12(26)7-6-11(25)28-8-14(19,20)16(23,24)15(21,22)13(17)18/h2-7,13H,8H2,1H3/b7-6+. The smallest absolute Gasteiger partial charge is 0.381 e. The minimum Gasteiger partial charge on any atom is -0.493 e. The van der Waals surface area contributed by atoms with Crippen LogP contribution in [0.1, 0.15) is 0 Å². The summed E-state index contributed by atoms with van der Waals surface area (Å²) in [5.74, 6) is -21.7. The molecule has 5 nitrogen and oxygen atoms in total. The quantitative estimate of drug-likeness (QED) is 0.255. The number of carbonyl (C=O) groups is 2. The van der Waals surface area contributed by atoms with Crippen LogP contribution >= 0.6 is 0 Å². The van der Waals surface area contributed by atoms with Crippen LogP contribution in [0.3, 0.4) is 0 Å². The van der Waals surface area contributed by atoms with Gasteiger partial charge in [0.2, 0.25) is 0 Å². The summed E-state index contributed by atoms with van der Waals surface area (Å²) >= 11 is 0. The van der Waals surface area contributed by atoms with Crippen molar-refractivity contribution in [3.63, 3.8) is 0 Å². The average molecular weight is 436 g/mol. The number of alkyl halides is 8. The Labute approximate surface area is 157 Å². The molecular weight excluding hydrogens is 424 g/mol. The van der Waals surface area contributed by atoms with Gasteiger partial charge in [-0.2, -0.15) is 26.3 Å². The minimum absolute atomic E-state index is 0.0848. The van der Waals surface area contributed by atoms with Crippen molar-refractivity contribution in [3.05, 3.63) is 36.4 Å². The second-order valence-corrected chi connectivity index (χ2v) is 5.22. The first kappa shape index (κ1) is 24.2. The molecule has 0 atom stereocenters. The van der Waals surface area contributed by atoms with Gasteiger partial charge >= 0.3 is 36.1 Å². The van der Waals surface area contributed by atoms with E-state index in [4.69, 9.17) is 9.47 Å². The second-order valence-electron chi connectivity index (χ2n) is 5.22. The van der Waals surface area contributed by atoms with Crippen molar-refractivity contribution in [1.82, 2.24) is 0 Å². The molecule has 0 aliphatic heterocycles. The van der Waals surface area contributed by atoms with Gasteiger partial charge in [-0.3, -0.25) is 0 Å². The Morgan fingerprint density at radius 1 is 0.966 bits per heavy atom. The third-order valence-corrected chi connectivity index (χ3v) is 3.18. The van der Waals surface area contributed by atoms with Gasteiger partial charge in [-0.05, 0) is 12.1 Å². The largest absolute Gasteiger partial charge is 0.493 e. The molecule has 0 aliphatic rings. The molecule has 0 bridgehead atoms. The molecular formula is C16H12F8O5. The lowest BCUT2D eigenvalue weighted by atomic mass is 10.1. The summed E-state index contributed by atoms with van der Waals surface area (Å²) in [5.41, 5.74) is 0. The molecule has 0 N–H and O–H groups in total. The van der Waals surface area contributed by atoms with Crippen molar-refractivity contribution >= 4 is 11.9 Å². The molecule has 0 spiro atoms. The Kier molecular flexibility index (Phi) is 7.58. The van der Waals surface area contributed by atoms with Gasteiger partial charge in [-0.1, -0.05) is 12.1 Å². The van der Waals surface area contributed by atoms with Crippen molar-refractivity contribution in [2.75, 3.05) is 13.7 Å². The lowest BCUT2D eigenvalue weighted by Gasteiger charge is -2.31. The van der Waals surface area contributed by atoms with E-state index in [1.165, 1.54) is 31.4 Å². The number of esters is 2. The molecule has 13 heteroatoms. The van der Waals surface area contributed by atoms with E-state index in [0.717, 1.165) is 0 Å². The number of para-hydroxylation sites is 2. The first-order valence-corrected chi connectivity index (χ1v) is 7.37. The molecule has 0 saturated carbocycles. The number of hydrogen-bond donors (Lipinski definition) is 0. The number of ether oxygens (including phenoxy) is 3. The zero-order valence-corrected chi connectivity index (χ0v) is 14.3. The van der Waals surface area contributed by atoms with Crippen LogP contribution < -0.4 is 9.47 Å². The van der Waals surface area contributed by atoms with E-state index in [-0.39, 0.29) is 17.6 Å². The molecule has 0 radical (unpaired) electrons. The van der Waals surface area contributed by atoms with Gasteiger partial charge in [0, 0.05) is 12.2 Å². The topological polar surface area (TPSA) is 61.8 Å². The van der Waals surface area contributed by atoms with Crippen LogP contribution in [-0.2, 0) is 14.3 Å². The van der Waals surface area contributed by atoms with Crippen LogP contribution in [0, 0.1) is 0 Å². The molecule has 0 unspecified atom stereocenters. The van der Waals surface area contributed by atoms with Crippen LogP contribution in [-0.4, -0.2) is 49.8 Å². The normalized spacial score (nSPS) is 12.9. The third kappa shape index (κ3) is 5.57. The summed E-state index contributed by atoms with van der Waals surface area (Å²) in [6, 6.07) is 5.71. The monoisotopic (exact) mass is 436 g/mol. The van der Waals surface area contributed by atoms with Gasteiger partial charge in [0.25, 0.3) is 0 Å². The Hall–Kier alpha value is -2.86. The number of carbonyl (C=O) groups excluding carboxylic acids is 2. The van der Waals surface area contributed by atoms with Crippen molar-refractivity contribution < 1.29 is 58.9 Å². The molecule has 0 saturated heterocycles. The van der Waals surface area contributed by atoms with Crippen molar-refractivity contribution in [2.24, 2.45) is 0 Å². The highest BCUT2D eigenvalue weighted by Crippen LogP contribution is 2.48. The summed E-state index contributed by atoms with van der Waals surface area (Å²) in [6.07, 6.45) is -4.56. The molecule has 162 valence electrons. The predicted octanol–water partition coefficient (Wildman–Crippen LogP) is 3.87. The minimum atomic E-state index is -6.51. The summed E-state index contributed by atoms with van der Waals surface area (Å²) in [7, 11) is 1.26. The number of methoxy groups -OCH3 is 1. The van der Waals surface area contributed by atoms with Crippen LogP contribution in [0.2, 0.25) is 0 Å². The molecule has 0 fully saturated rings. The fraction of sp³-hybridized carbons (Fsp3) is 0.375. The number of benzene rings is 1. The maximum absolute atomic E-state index is 13.2. The molecule has 0 aromatic heterocycles. The molecule has 1 aromatic rings. The van der Waals surface area contributed by atoms with Gasteiger partial charge in [0.05, 0.1) is 7.11 Å². The van der Waals surface area contributed by atoms with E-state index in [9.17, 15) is 44.7 Å². The highest BCUT2D eigenvalue weighted by atomic mass is 19.4. The number of halogens is 8. The van der Waals surface area contributed by atoms with E-state index < -0.39 is 42.7 Å². The van der Waals surface area contributed by atoms with Crippen molar-refractivity contribution in [3.8, 4) is 11.5 Å². The Morgan fingerprint density at radius 3 is 2.00 bits per heavy atom. The van der Waals surface area contributed by atoms with Crippen LogP contribution in [0.4, 0.5) is 35.1 Å². The summed E-state index contributed by atoms with van der Waals surface area (Å²) in [6.45, 7) is -2.65. The molecule has 1 aromatic carbocycles. The van der Waals surface area contributed by atoms with E-state index in [2.05, 4.69) is 4.74 Å². The first-order chi connectivity index (χ1) is 13.3. The van der Waals surface area contributed by atoms with Gasteiger partial charge in [0.1, 0.15) is 0 Å². The zero-order chi connectivity index (χ0) is 22.5. The van der Waals surface area contributed by atoms with E-state index in [1.807, 2.05) is 0 Å². The first-order valence-electron chi connectivity index (χ1n) is 7.37. The maximum Gasteiger partial charge on any atom is 0.381 e. The molecule has 0 aliphatic carbocycles. The summed E-state index contributed by atoms with van der Waals surface area (Å²) < 4.78 is 115. The van der Waals surface area contributed by atoms with E-state index in [0.29, 0.717) is 6.08 Å². The molecule has 0 amide bonds. The lowest BCUT2D eigenvalue weighted by Crippen LogP contribution is -2.59. The fourth-order valence-electron chi connectivity index (χ4n) is 1.66. The number of hydrogen-bond acceptors (Lipinski definition) is 5. The third-order valence-electron chi connectivity index (χ3n) is 3.18. The van der Waals surface area contributed by atoms with Crippen molar-refractivity contribution in [1.29, 1.82) is 0 Å². The number of rotatable bonds is 9. The van der Waals surface area contributed by atoms with Gasteiger partial charge in [-0.25, -0.2) is 18.4 Å². The second kappa shape index (κ2) is 9.09. The molecule has 0 heterocycles. The highest BCUT2D eigenvalue weighted by molar-refractivity contribution is 5.92. The molecule has 29 heavy (non-hydrogen) atoms. The molecule has 1 rings (SSSR count). The SMILES string of the molecule is COc1ccccc1OC(=O)/C=C/C(=O)OCC(F)(F)C(F)(F)C(F)(F)C(F)F. The van der Waals surface area contributed by atoms with E-state index >= 15 is 0 Å². The highest BCUT2D eigenvalue weighted by Gasteiger charge is 2.75. The van der Waals surface area contributed by atoms with Gasteiger partial charge in [0.15, 0.2) is 18.1 Å². The fourth-order valence-corrected chi connectivity index (χ4v) is 1.66. The van der Waals surface area contributed by atoms with Gasteiger partial charge < -0.3 is 14.2 Å². The average Bonchev–Trinajstić information content (AvgIpc) is 2.64. The van der Waals surface area contributed by atoms with E-state index in [1.54, 1.807) is 0 Å². The van der Waals surface area contributed by atoms with Crippen LogP contribution in [0.5, 0.6) is 11.5 Å². The van der Waals surface area contributed by atoms with Gasteiger partial charge in [-0.15, -0.1) is 0 Å². The maximum atomic E-state index is 13.2. The van der Waals surface area contributed by atoms with Crippen molar-refractivity contribution in [2.45, 2.75) is 24.2 Å². The Morgan fingerprint density at radius 2 is 1.48 bits per heavy atom. The predicted molar refractivity (Wildman–Crippen MR) is 79.6 cm³/mol. The Balaban J connectivity index is 2.71. The lowest BCUT2D eigenvalue weighted by molar-refractivity contribution is -0.344. The summed E-state index contributed by atoms with van der Waals surface area (Å²) in [4.78, 5) is 22.8. The zero-order valence-electron chi connectivity index (χ0n) is 14.3. The Bertz CT molecular complexity index is 763.